The lowest BCUT2D eigenvalue weighted by atomic mass is 9.65. The van der Waals surface area contributed by atoms with Gasteiger partial charge in [-0.15, -0.1) is 0 Å². The second-order valence-electron chi connectivity index (χ2n) is 9.29. The molecule has 1 aromatic carbocycles. The van der Waals surface area contributed by atoms with Crippen LogP contribution >= 0.6 is 11.3 Å². The summed E-state index contributed by atoms with van der Waals surface area (Å²) in [5.41, 5.74) is 2.79. The molecule has 37 heavy (non-hydrogen) atoms. The van der Waals surface area contributed by atoms with Crippen molar-refractivity contribution in [2.45, 2.75) is 31.3 Å². The summed E-state index contributed by atoms with van der Waals surface area (Å²) in [6, 6.07) is 9.37. The Kier molecular flexibility index (Phi) is 5.74. The fraction of sp³-hybridized carbons (Fsp3) is 0.269. The molecule has 2 aliphatic rings. The van der Waals surface area contributed by atoms with Crippen molar-refractivity contribution in [3.63, 3.8) is 0 Å². The highest BCUT2D eigenvalue weighted by Gasteiger charge is 2.51. The van der Waals surface area contributed by atoms with Gasteiger partial charge in [-0.05, 0) is 73.2 Å². The van der Waals surface area contributed by atoms with Crippen LogP contribution in [0.15, 0.2) is 70.2 Å². The zero-order valence-electron chi connectivity index (χ0n) is 20.0. The summed E-state index contributed by atoms with van der Waals surface area (Å²) in [6.45, 7) is 2.55. The van der Waals surface area contributed by atoms with E-state index in [0.717, 1.165) is 16.8 Å². The summed E-state index contributed by atoms with van der Waals surface area (Å²) in [7, 11) is -3.87. The SMILES string of the molecule is CCn1nccc1S(=O)(=O)N1CCC2=Cc3c(cnn3-c3ccc(F)cc3)C[C@]2(C(=O)c2ccsc2)C1. The van der Waals surface area contributed by atoms with E-state index in [9.17, 15) is 17.6 Å². The maximum atomic E-state index is 14.1. The molecule has 190 valence electrons. The lowest BCUT2D eigenvalue weighted by molar-refractivity contribution is 0.0776. The third kappa shape index (κ3) is 3.80. The van der Waals surface area contributed by atoms with Gasteiger partial charge in [0.25, 0.3) is 10.0 Å². The molecule has 0 saturated carbocycles. The smallest absolute Gasteiger partial charge is 0.260 e. The lowest BCUT2D eigenvalue weighted by Crippen LogP contribution is -2.53. The van der Waals surface area contributed by atoms with Crippen LogP contribution < -0.4 is 0 Å². The molecule has 6 rings (SSSR count). The van der Waals surface area contributed by atoms with E-state index in [1.807, 2.05) is 23.8 Å². The molecule has 1 fully saturated rings. The molecule has 0 radical (unpaired) electrons. The van der Waals surface area contributed by atoms with E-state index in [0.29, 0.717) is 30.6 Å². The minimum Gasteiger partial charge on any atom is -0.293 e. The van der Waals surface area contributed by atoms with Crippen molar-refractivity contribution in [1.82, 2.24) is 23.9 Å². The van der Waals surface area contributed by atoms with Crippen LogP contribution in [-0.4, -0.2) is 51.2 Å². The van der Waals surface area contributed by atoms with Gasteiger partial charge in [-0.3, -0.25) is 9.48 Å². The highest BCUT2D eigenvalue weighted by Crippen LogP contribution is 2.47. The fourth-order valence-electron chi connectivity index (χ4n) is 5.39. The number of rotatable bonds is 6. The number of aryl methyl sites for hydroxylation is 1. The standard InChI is InChI=1S/C26H24FN5O3S2/c1-2-31-24(7-10-28-31)37(34,35)30-11-8-20-13-23-19(15-29-32(23)22-5-3-21(27)4-6-22)14-26(20,17-30)25(33)18-9-12-36-16-18/h3-7,9-10,12-13,15-16H,2,8,11,14,17H2,1H3/t26-/m0/s1. The van der Waals surface area contributed by atoms with Gasteiger partial charge in [0.05, 0.1) is 29.2 Å². The van der Waals surface area contributed by atoms with E-state index < -0.39 is 15.4 Å². The maximum absolute atomic E-state index is 14.1. The van der Waals surface area contributed by atoms with Gasteiger partial charge in [0.1, 0.15) is 5.82 Å². The number of aromatic nitrogens is 4. The summed E-state index contributed by atoms with van der Waals surface area (Å²) in [5, 5.41) is 12.5. The summed E-state index contributed by atoms with van der Waals surface area (Å²) >= 11 is 1.43. The summed E-state index contributed by atoms with van der Waals surface area (Å²) in [4.78, 5) is 14.1. The molecular weight excluding hydrogens is 513 g/mol. The monoisotopic (exact) mass is 537 g/mol. The van der Waals surface area contributed by atoms with Crippen LogP contribution in [0.1, 0.15) is 35.0 Å². The minimum absolute atomic E-state index is 0.0336. The number of halogens is 1. The first-order valence-electron chi connectivity index (χ1n) is 12.0. The number of hydrogen-bond acceptors (Lipinski definition) is 6. The predicted octanol–water partition coefficient (Wildman–Crippen LogP) is 4.19. The molecule has 0 unspecified atom stereocenters. The molecule has 0 N–H and O–H groups in total. The molecule has 8 nitrogen and oxygen atoms in total. The number of carbonyl (C=O) groups excluding carboxylic acids is 1. The van der Waals surface area contributed by atoms with Gasteiger partial charge in [-0.2, -0.15) is 25.8 Å². The van der Waals surface area contributed by atoms with Crippen molar-refractivity contribution in [2.24, 2.45) is 5.41 Å². The Morgan fingerprint density at radius 1 is 1.16 bits per heavy atom. The third-order valence-corrected chi connectivity index (χ3v) is 9.80. The number of benzene rings is 1. The highest BCUT2D eigenvalue weighted by atomic mass is 32.2. The molecule has 1 aliphatic carbocycles. The molecule has 1 aliphatic heterocycles. The quantitative estimate of drug-likeness (QED) is 0.344. The van der Waals surface area contributed by atoms with Crippen molar-refractivity contribution >= 4 is 33.2 Å². The zero-order chi connectivity index (χ0) is 25.8. The number of carbonyl (C=O) groups is 1. The lowest BCUT2D eigenvalue weighted by Gasteiger charge is -2.44. The van der Waals surface area contributed by atoms with Crippen LogP contribution in [0.4, 0.5) is 4.39 Å². The van der Waals surface area contributed by atoms with E-state index in [1.54, 1.807) is 29.1 Å². The molecule has 11 heteroatoms. The number of fused-ring (bicyclic) bond motifs is 2. The van der Waals surface area contributed by atoms with Gasteiger partial charge in [-0.1, -0.05) is 5.57 Å². The molecule has 4 aromatic rings. The summed E-state index contributed by atoms with van der Waals surface area (Å²) in [6.07, 6.45) is 5.90. The topological polar surface area (TPSA) is 90.1 Å². The normalized spacial score (nSPS) is 19.8. The molecule has 4 heterocycles. The van der Waals surface area contributed by atoms with E-state index in [4.69, 9.17) is 0 Å². The summed E-state index contributed by atoms with van der Waals surface area (Å²) in [5.74, 6) is -0.425. The maximum Gasteiger partial charge on any atom is 0.260 e. The number of Topliss-reactive ketones (excluding diaryl/α,β-unsaturated/α-hetero) is 1. The van der Waals surface area contributed by atoms with Crippen molar-refractivity contribution in [3.8, 4) is 5.69 Å². The Morgan fingerprint density at radius 2 is 1.97 bits per heavy atom. The molecular formula is C26H24FN5O3S2. The van der Waals surface area contributed by atoms with E-state index in [-0.39, 0.29) is 29.7 Å². The van der Waals surface area contributed by atoms with Crippen molar-refractivity contribution in [3.05, 3.63) is 87.8 Å². The number of thiophene rings is 1. The molecule has 0 bridgehead atoms. The van der Waals surface area contributed by atoms with Crippen LogP contribution in [0.2, 0.25) is 0 Å². The number of hydrogen-bond donors (Lipinski definition) is 0. The first kappa shape index (κ1) is 24.0. The van der Waals surface area contributed by atoms with E-state index in [2.05, 4.69) is 10.2 Å². The van der Waals surface area contributed by atoms with Gasteiger partial charge in [0.2, 0.25) is 0 Å². The molecule has 3 aromatic heterocycles. The fourth-order valence-corrected chi connectivity index (χ4v) is 7.69. The number of sulfonamides is 1. The first-order valence-corrected chi connectivity index (χ1v) is 14.3. The predicted molar refractivity (Wildman–Crippen MR) is 138 cm³/mol. The van der Waals surface area contributed by atoms with Crippen molar-refractivity contribution < 1.29 is 17.6 Å². The Balaban J connectivity index is 1.45. The molecule has 0 amide bonds. The van der Waals surface area contributed by atoms with Gasteiger partial charge >= 0.3 is 0 Å². The Hall–Kier alpha value is -3.41. The molecule has 1 atom stereocenters. The average molecular weight is 538 g/mol. The largest absolute Gasteiger partial charge is 0.293 e. The number of ketones is 1. The summed E-state index contributed by atoms with van der Waals surface area (Å²) < 4.78 is 45.5. The van der Waals surface area contributed by atoms with Crippen molar-refractivity contribution in [1.29, 1.82) is 0 Å². The number of nitrogens with zero attached hydrogens (tertiary/aromatic N) is 5. The van der Waals surface area contributed by atoms with Gasteiger partial charge in [0, 0.05) is 30.6 Å². The van der Waals surface area contributed by atoms with Gasteiger partial charge < -0.3 is 0 Å². The highest BCUT2D eigenvalue weighted by molar-refractivity contribution is 7.89. The Labute approximate surface area is 217 Å². The average Bonchev–Trinajstić information content (AvgIpc) is 3.68. The third-order valence-electron chi connectivity index (χ3n) is 7.25. The van der Waals surface area contributed by atoms with Crippen LogP contribution in [-0.2, 0) is 23.0 Å². The first-order chi connectivity index (χ1) is 17.8. The second-order valence-corrected chi connectivity index (χ2v) is 12.0. The Morgan fingerprint density at radius 3 is 2.70 bits per heavy atom. The van der Waals surface area contributed by atoms with Crippen LogP contribution in [0.5, 0.6) is 0 Å². The molecule has 1 saturated heterocycles. The van der Waals surface area contributed by atoms with E-state index in [1.165, 1.54) is 44.7 Å². The second kappa shape index (κ2) is 8.86. The minimum atomic E-state index is -3.87. The van der Waals surface area contributed by atoms with Gasteiger partial charge in [-0.25, -0.2) is 17.5 Å². The van der Waals surface area contributed by atoms with E-state index >= 15 is 0 Å². The van der Waals surface area contributed by atoms with Gasteiger partial charge in [0.15, 0.2) is 10.8 Å². The van der Waals surface area contributed by atoms with Crippen LogP contribution in [0.3, 0.4) is 0 Å². The number of piperidine rings is 1. The zero-order valence-corrected chi connectivity index (χ0v) is 21.7. The molecule has 0 spiro atoms. The van der Waals surface area contributed by atoms with Crippen LogP contribution in [0.25, 0.3) is 11.8 Å². The van der Waals surface area contributed by atoms with Crippen molar-refractivity contribution in [2.75, 3.05) is 13.1 Å². The Bertz CT molecular complexity index is 1620. The van der Waals surface area contributed by atoms with Crippen LogP contribution in [0, 0.1) is 11.2 Å².